The van der Waals surface area contributed by atoms with E-state index in [2.05, 4.69) is 15.2 Å². The van der Waals surface area contributed by atoms with Gasteiger partial charge in [0.05, 0.1) is 19.0 Å². The van der Waals surface area contributed by atoms with Crippen LogP contribution in [0.25, 0.3) is 0 Å². The smallest absolute Gasteiger partial charge is 0.333 e. The van der Waals surface area contributed by atoms with Gasteiger partial charge in [-0.1, -0.05) is 30.3 Å². The third kappa shape index (κ3) is 5.58. The second-order valence-corrected chi connectivity index (χ2v) is 8.40. The van der Waals surface area contributed by atoms with Gasteiger partial charge in [-0.2, -0.15) is 13.2 Å². The van der Waals surface area contributed by atoms with Gasteiger partial charge in [0.15, 0.2) is 17.5 Å². The van der Waals surface area contributed by atoms with E-state index in [4.69, 9.17) is 0 Å². The summed E-state index contributed by atoms with van der Waals surface area (Å²) in [4.78, 5) is 18.9. The van der Waals surface area contributed by atoms with Crippen molar-refractivity contribution in [3.8, 4) is 0 Å². The van der Waals surface area contributed by atoms with Gasteiger partial charge in [0.1, 0.15) is 5.82 Å². The third-order valence-electron chi connectivity index (χ3n) is 5.86. The number of fused-ring (bicyclic) bond motifs is 1. The van der Waals surface area contributed by atoms with Crippen LogP contribution in [0.15, 0.2) is 47.5 Å². The first-order chi connectivity index (χ1) is 17.0. The Kier molecular flexibility index (Phi) is 7.14. The molecular weight excluding hydrogens is 488 g/mol. The van der Waals surface area contributed by atoms with Crippen LogP contribution >= 0.6 is 0 Å². The van der Waals surface area contributed by atoms with Gasteiger partial charge in [-0.05, 0) is 24.1 Å². The molecule has 0 saturated carbocycles. The van der Waals surface area contributed by atoms with E-state index >= 15 is 0 Å². The molecule has 1 aromatic heterocycles. The number of alkyl halides is 3. The zero-order chi connectivity index (χ0) is 26.0. The SMILES string of the molecule is C[C@@H](N=C(CC(=O)N1CCn2c(nnc2C(F)(F)F)C1)Cc1cc(F)c(F)cc1F)c1ccccc1. The molecule has 4 rings (SSSR count). The molecule has 0 saturated heterocycles. The van der Waals surface area contributed by atoms with Crippen LogP contribution in [0.5, 0.6) is 0 Å². The van der Waals surface area contributed by atoms with Gasteiger partial charge in [-0.15, -0.1) is 10.2 Å². The van der Waals surface area contributed by atoms with Crippen molar-refractivity contribution >= 4 is 11.6 Å². The Bertz CT molecular complexity index is 1290. The average Bonchev–Trinajstić information content (AvgIpc) is 3.27. The van der Waals surface area contributed by atoms with Crippen LogP contribution in [-0.4, -0.2) is 37.8 Å². The van der Waals surface area contributed by atoms with E-state index in [1.165, 1.54) is 4.90 Å². The highest BCUT2D eigenvalue weighted by molar-refractivity contribution is 6.02. The number of carbonyl (C=O) groups excluding carboxylic acids is 1. The monoisotopic (exact) mass is 509 g/mol. The number of hydrogen-bond donors (Lipinski definition) is 0. The molecule has 0 aliphatic carbocycles. The Morgan fingerprint density at radius 1 is 1.03 bits per heavy atom. The zero-order valence-electron chi connectivity index (χ0n) is 19.1. The van der Waals surface area contributed by atoms with Gasteiger partial charge in [-0.3, -0.25) is 9.79 Å². The summed E-state index contributed by atoms with van der Waals surface area (Å²) in [6, 6.07) is 9.80. The molecule has 0 radical (unpaired) electrons. The summed E-state index contributed by atoms with van der Waals surface area (Å²) in [7, 11) is 0. The normalized spacial score (nSPS) is 15.1. The number of halogens is 6. The van der Waals surface area contributed by atoms with Crippen LogP contribution in [-0.2, 0) is 30.5 Å². The molecule has 1 atom stereocenters. The molecular formula is C24H21F6N5O. The molecule has 0 spiro atoms. The third-order valence-corrected chi connectivity index (χ3v) is 5.86. The molecule has 0 bridgehead atoms. The summed E-state index contributed by atoms with van der Waals surface area (Å²) >= 11 is 0. The van der Waals surface area contributed by atoms with Crippen molar-refractivity contribution in [2.75, 3.05) is 6.54 Å². The first kappa shape index (κ1) is 25.4. The van der Waals surface area contributed by atoms with Crippen molar-refractivity contribution < 1.29 is 31.1 Å². The summed E-state index contributed by atoms with van der Waals surface area (Å²) in [5.74, 6) is -5.16. The minimum atomic E-state index is -4.67. The molecule has 1 aliphatic rings. The van der Waals surface area contributed by atoms with Gasteiger partial charge in [0.2, 0.25) is 11.7 Å². The summed E-state index contributed by atoms with van der Waals surface area (Å²) in [6.07, 6.45) is -5.22. The van der Waals surface area contributed by atoms with E-state index in [0.29, 0.717) is 6.07 Å². The fourth-order valence-corrected chi connectivity index (χ4v) is 4.02. The van der Waals surface area contributed by atoms with Crippen LogP contribution in [0.4, 0.5) is 26.3 Å². The molecule has 36 heavy (non-hydrogen) atoms. The molecule has 2 aromatic carbocycles. The number of amides is 1. The fourth-order valence-electron chi connectivity index (χ4n) is 4.02. The second kappa shape index (κ2) is 10.1. The largest absolute Gasteiger partial charge is 0.451 e. The van der Waals surface area contributed by atoms with E-state index in [1.807, 2.05) is 18.2 Å². The number of aliphatic imine (C=N–C) groups is 1. The van der Waals surface area contributed by atoms with Crippen LogP contribution < -0.4 is 0 Å². The van der Waals surface area contributed by atoms with Gasteiger partial charge in [0, 0.05) is 31.3 Å². The molecule has 0 N–H and O–H groups in total. The maximum Gasteiger partial charge on any atom is 0.451 e. The summed E-state index contributed by atoms with van der Waals surface area (Å²) < 4.78 is 81.7. The molecule has 2 heterocycles. The molecule has 12 heteroatoms. The quantitative estimate of drug-likeness (QED) is 0.270. The maximum absolute atomic E-state index is 14.3. The average molecular weight is 509 g/mol. The summed E-state index contributed by atoms with van der Waals surface area (Å²) in [6.45, 7) is 1.41. The van der Waals surface area contributed by atoms with E-state index in [1.54, 1.807) is 19.1 Å². The molecule has 6 nitrogen and oxygen atoms in total. The minimum Gasteiger partial charge on any atom is -0.333 e. The lowest BCUT2D eigenvalue weighted by Gasteiger charge is -2.28. The van der Waals surface area contributed by atoms with Crippen molar-refractivity contribution in [2.24, 2.45) is 4.99 Å². The number of benzene rings is 2. The lowest BCUT2D eigenvalue weighted by atomic mass is 10.0. The highest BCUT2D eigenvalue weighted by Gasteiger charge is 2.40. The van der Waals surface area contributed by atoms with Crippen LogP contribution in [0.1, 0.15) is 42.2 Å². The number of rotatable bonds is 6. The summed E-state index contributed by atoms with van der Waals surface area (Å²) in [5.41, 5.74) is 0.858. The fraction of sp³-hybridized carbons (Fsp3) is 0.333. The van der Waals surface area contributed by atoms with Crippen molar-refractivity contribution in [3.63, 3.8) is 0 Å². The van der Waals surface area contributed by atoms with Crippen LogP contribution in [0.3, 0.4) is 0 Å². The molecule has 0 fully saturated rings. The predicted octanol–water partition coefficient (Wildman–Crippen LogP) is 4.89. The highest BCUT2D eigenvalue weighted by atomic mass is 19.4. The van der Waals surface area contributed by atoms with Gasteiger partial charge in [-0.25, -0.2) is 13.2 Å². The zero-order valence-corrected chi connectivity index (χ0v) is 19.1. The lowest BCUT2D eigenvalue weighted by Crippen LogP contribution is -2.40. The standard InChI is InChI=1S/C24H21F6N5O/c1-14(15-5-3-2-4-6-15)31-17(9-16-10-19(26)20(27)12-18(16)25)11-22(36)34-7-8-35-21(13-34)32-33-23(35)24(28,29)30/h2-6,10,12,14H,7-9,11,13H2,1H3/t14-/m1/s1. The lowest BCUT2D eigenvalue weighted by molar-refractivity contribution is -0.148. The second-order valence-electron chi connectivity index (χ2n) is 8.40. The molecule has 1 amide bonds. The van der Waals surface area contributed by atoms with E-state index in [9.17, 15) is 31.1 Å². The van der Waals surface area contributed by atoms with Crippen molar-refractivity contribution in [1.29, 1.82) is 0 Å². The Hall–Kier alpha value is -3.70. The van der Waals surface area contributed by atoms with Gasteiger partial charge in [0.25, 0.3) is 0 Å². The van der Waals surface area contributed by atoms with Gasteiger partial charge < -0.3 is 9.47 Å². The number of hydrogen-bond acceptors (Lipinski definition) is 4. The molecule has 3 aromatic rings. The molecule has 1 aliphatic heterocycles. The Labute approximate surface area is 202 Å². The number of aromatic nitrogens is 3. The minimum absolute atomic E-state index is 0.00952. The number of nitrogens with zero attached hydrogens (tertiary/aromatic N) is 5. The number of carbonyl (C=O) groups is 1. The first-order valence-corrected chi connectivity index (χ1v) is 11.0. The van der Waals surface area contributed by atoms with E-state index in [0.717, 1.165) is 16.2 Å². The van der Waals surface area contributed by atoms with Crippen LogP contribution in [0, 0.1) is 17.5 Å². The Morgan fingerprint density at radius 2 is 1.72 bits per heavy atom. The topological polar surface area (TPSA) is 63.4 Å². The molecule has 0 unspecified atom stereocenters. The van der Waals surface area contributed by atoms with Crippen molar-refractivity contribution in [2.45, 2.75) is 45.1 Å². The maximum atomic E-state index is 14.3. The Balaban J connectivity index is 1.57. The van der Waals surface area contributed by atoms with Crippen molar-refractivity contribution in [3.05, 3.63) is 82.7 Å². The highest BCUT2D eigenvalue weighted by Crippen LogP contribution is 2.29. The summed E-state index contributed by atoms with van der Waals surface area (Å²) in [5, 5.41) is 6.76. The van der Waals surface area contributed by atoms with E-state index < -0.39 is 41.4 Å². The van der Waals surface area contributed by atoms with Crippen molar-refractivity contribution in [1.82, 2.24) is 19.7 Å². The molecule has 190 valence electrons. The van der Waals surface area contributed by atoms with Crippen LogP contribution in [0.2, 0.25) is 0 Å². The van der Waals surface area contributed by atoms with E-state index in [-0.39, 0.29) is 49.6 Å². The Morgan fingerprint density at radius 3 is 2.42 bits per heavy atom. The first-order valence-electron chi connectivity index (χ1n) is 11.0. The predicted molar refractivity (Wildman–Crippen MR) is 117 cm³/mol. The van der Waals surface area contributed by atoms with Gasteiger partial charge >= 0.3 is 6.18 Å².